The maximum atomic E-state index is 7.22. The predicted molar refractivity (Wildman–Crippen MR) is 321 cm³/mol. The third-order valence-corrected chi connectivity index (χ3v) is 17.6. The lowest BCUT2D eigenvalue weighted by molar-refractivity contribution is 0.312. The van der Waals surface area contributed by atoms with E-state index in [-0.39, 0.29) is 0 Å². The molecule has 5 heteroatoms. The van der Waals surface area contributed by atoms with Crippen LogP contribution in [0.1, 0.15) is 316 Å². The summed E-state index contributed by atoms with van der Waals surface area (Å²) in [6.07, 6.45) is 62.8. The molecule has 2 aromatic carbocycles. The van der Waals surface area contributed by atoms with Crippen molar-refractivity contribution in [3.05, 3.63) is 106 Å². The number of benzene rings is 2. The molecule has 2 aromatic heterocycles. The van der Waals surface area contributed by atoms with Gasteiger partial charge >= 0.3 is 0 Å². The molecule has 4 aromatic rings. The maximum absolute atomic E-state index is 7.22. The number of hydrogen-bond donors (Lipinski definition) is 0. The fraction of sp³-hybridized carbons (Fsp3) is 0.714. The summed E-state index contributed by atoms with van der Waals surface area (Å²) in [6.45, 7) is 9.23. The van der Waals surface area contributed by atoms with Crippen LogP contribution in [-0.4, -0.2) is 19.9 Å². The third kappa shape index (κ3) is 23.5. The van der Waals surface area contributed by atoms with E-state index in [1.54, 1.807) is 0 Å². The topological polar surface area (TPSA) is 60.8 Å². The molecule has 0 bridgehead atoms. The van der Waals surface area contributed by atoms with Crippen LogP contribution >= 0.6 is 0 Å². The van der Waals surface area contributed by atoms with Gasteiger partial charge in [0.2, 0.25) is 0 Å². The summed E-state index contributed by atoms with van der Waals surface area (Å²) in [5.41, 5.74) is 8.38. The molecule has 0 atom stereocenters. The highest BCUT2D eigenvalue weighted by atomic mass is 16.5. The highest BCUT2D eigenvalue weighted by molar-refractivity contribution is 5.45. The van der Waals surface area contributed by atoms with Crippen LogP contribution < -0.4 is 4.74 Å². The number of aromatic nitrogens is 4. The molecule has 0 saturated heterocycles. The number of ether oxygens (including phenoxy) is 1. The molecule has 0 amide bonds. The molecule has 0 N–H and O–H groups in total. The van der Waals surface area contributed by atoms with E-state index in [4.69, 9.17) is 24.7 Å². The molecule has 0 radical (unpaired) electrons. The quantitative estimate of drug-likeness (QED) is 0.0416. The summed E-state index contributed by atoms with van der Waals surface area (Å²) in [5, 5.41) is 0. The lowest BCUT2D eigenvalue weighted by atomic mass is 9.78. The molecule has 416 valence electrons. The Morgan fingerprint density at radius 1 is 0.333 bits per heavy atom. The Kier molecular flexibility index (Phi) is 30.1. The molecule has 0 aliphatic heterocycles. The molecule has 6 rings (SSSR count). The normalized spacial score (nSPS) is 17.9. The van der Waals surface area contributed by atoms with Crippen LogP contribution in [0.25, 0.3) is 0 Å². The van der Waals surface area contributed by atoms with Crippen molar-refractivity contribution in [1.29, 1.82) is 0 Å². The van der Waals surface area contributed by atoms with E-state index in [1.807, 2.05) is 0 Å². The molecule has 2 aliphatic rings. The minimum Gasteiger partial charge on any atom is -0.457 e. The fourth-order valence-electron chi connectivity index (χ4n) is 12.6. The summed E-state index contributed by atoms with van der Waals surface area (Å²) in [5.74, 6) is 6.55. The molecule has 2 aliphatic carbocycles. The Labute approximate surface area is 461 Å². The first kappa shape index (κ1) is 60.6. The summed E-state index contributed by atoms with van der Waals surface area (Å²) < 4.78 is 7.22. The largest absolute Gasteiger partial charge is 0.457 e. The predicted octanol–water partition coefficient (Wildman–Crippen LogP) is 21.3. The highest BCUT2D eigenvalue weighted by Crippen LogP contribution is 2.41. The van der Waals surface area contributed by atoms with Gasteiger partial charge in [0, 0.05) is 36.6 Å². The van der Waals surface area contributed by atoms with Crippen LogP contribution in [0.4, 0.5) is 0 Å². The Balaban J connectivity index is 1.02. The van der Waals surface area contributed by atoms with E-state index in [9.17, 15) is 0 Å². The average Bonchev–Trinajstić information content (AvgIpc) is 3.44. The van der Waals surface area contributed by atoms with Gasteiger partial charge in [-0.1, -0.05) is 206 Å². The van der Waals surface area contributed by atoms with E-state index in [0.717, 1.165) is 61.7 Å². The maximum Gasteiger partial charge on any atom is 0.131 e. The van der Waals surface area contributed by atoms with Crippen LogP contribution in [-0.2, 0) is 38.5 Å². The molecular weight excluding hydrogens is 913 g/mol. The standard InChI is InChI=1S/C70H110N4O/c1-5-9-13-17-19-21-23-25-27-31-35-61-53-71-69(72-54-61)63-43-37-59(38-44-63)51-65-49-57(33-29-15-11-7-3)41-47-67(65)75-68-48-42-58(34-30-16-12-8-4)50-66(68)52-60-39-45-64(46-40-60)70-73-55-62(56-74-70)36-32-28-26-24-22-20-18-14-10-6-2/h41-42,47-50,53-56,59-60,63-64H,5-40,43-46,51-52H2,1-4H3. The van der Waals surface area contributed by atoms with Gasteiger partial charge < -0.3 is 4.74 Å². The van der Waals surface area contributed by atoms with Crippen molar-refractivity contribution in [2.45, 2.75) is 309 Å². The first-order valence-corrected chi connectivity index (χ1v) is 32.6. The van der Waals surface area contributed by atoms with Crippen molar-refractivity contribution in [2.75, 3.05) is 0 Å². The number of aryl methyl sites for hydroxylation is 4. The SMILES string of the molecule is CCCCCCCCCCCCc1cnc(C2CCC(Cc3cc(CCCCCC)ccc3Oc3ccc(CCCCCC)cc3CC3CCC(c4ncc(CCCCCCCCCCCC)cn4)CC3)CC2)nc1. The number of hydrogen-bond acceptors (Lipinski definition) is 5. The van der Waals surface area contributed by atoms with Gasteiger partial charge in [-0.2, -0.15) is 0 Å². The molecule has 2 heterocycles. The lowest BCUT2D eigenvalue weighted by Crippen LogP contribution is -2.18. The summed E-state index contributed by atoms with van der Waals surface area (Å²) in [7, 11) is 0. The van der Waals surface area contributed by atoms with Gasteiger partial charge in [0.1, 0.15) is 23.1 Å². The van der Waals surface area contributed by atoms with Gasteiger partial charge in [-0.3, -0.25) is 0 Å². The Hall–Kier alpha value is -3.60. The van der Waals surface area contributed by atoms with Gasteiger partial charge in [-0.15, -0.1) is 0 Å². The minimum atomic E-state index is 0.475. The molecule has 2 fully saturated rings. The summed E-state index contributed by atoms with van der Waals surface area (Å²) in [6, 6.07) is 14.5. The van der Waals surface area contributed by atoms with Crippen molar-refractivity contribution in [2.24, 2.45) is 11.8 Å². The van der Waals surface area contributed by atoms with Crippen LogP contribution in [0, 0.1) is 11.8 Å². The summed E-state index contributed by atoms with van der Waals surface area (Å²) >= 11 is 0. The zero-order valence-corrected chi connectivity index (χ0v) is 49.0. The van der Waals surface area contributed by atoms with E-state index < -0.39 is 0 Å². The molecule has 0 spiro atoms. The van der Waals surface area contributed by atoms with Crippen LogP contribution in [0.15, 0.2) is 61.2 Å². The first-order valence-electron chi connectivity index (χ1n) is 32.6. The number of rotatable bonds is 40. The monoisotopic (exact) mass is 1020 g/mol. The van der Waals surface area contributed by atoms with Gasteiger partial charge in [-0.05, 0) is 173 Å². The molecule has 5 nitrogen and oxygen atoms in total. The van der Waals surface area contributed by atoms with Gasteiger partial charge in [-0.25, -0.2) is 19.9 Å². The van der Waals surface area contributed by atoms with Crippen LogP contribution in [0.5, 0.6) is 11.5 Å². The molecule has 2 saturated carbocycles. The highest BCUT2D eigenvalue weighted by Gasteiger charge is 2.28. The average molecular weight is 1020 g/mol. The van der Waals surface area contributed by atoms with Crippen molar-refractivity contribution in [3.63, 3.8) is 0 Å². The number of unbranched alkanes of at least 4 members (excludes halogenated alkanes) is 24. The zero-order chi connectivity index (χ0) is 52.4. The van der Waals surface area contributed by atoms with Crippen molar-refractivity contribution < 1.29 is 4.74 Å². The minimum absolute atomic E-state index is 0.475. The van der Waals surface area contributed by atoms with Crippen LogP contribution in [0.2, 0.25) is 0 Å². The van der Waals surface area contributed by atoms with E-state index >= 15 is 0 Å². The molecule has 75 heavy (non-hydrogen) atoms. The van der Waals surface area contributed by atoms with Crippen molar-refractivity contribution in [1.82, 2.24) is 19.9 Å². The zero-order valence-electron chi connectivity index (χ0n) is 49.0. The van der Waals surface area contributed by atoms with Crippen molar-refractivity contribution >= 4 is 0 Å². The van der Waals surface area contributed by atoms with Gasteiger partial charge in [0.15, 0.2) is 0 Å². The first-order chi connectivity index (χ1) is 37.0. The van der Waals surface area contributed by atoms with Gasteiger partial charge in [0.25, 0.3) is 0 Å². The third-order valence-electron chi connectivity index (χ3n) is 17.6. The van der Waals surface area contributed by atoms with E-state index in [1.165, 1.54) is 265 Å². The summed E-state index contributed by atoms with van der Waals surface area (Å²) in [4.78, 5) is 19.9. The lowest BCUT2D eigenvalue weighted by Gasteiger charge is -2.29. The number of nitrogens with zero attached hydrogens (tertiary/aromatic N) is 4. The Morgan fingerprint density at radius 3 is 0.933 bits per heavy atom. The Bertz CT molecular complexity index is 1900. The van der Waals surface area contributed by atoms with E-state index in [0.29, 0.717) is 23.7 Å². The van der Waals surface area contributed by atoms with Crippen LogP contribution in [0.3, 0.4) is 0 Å². The smallest absolute Gasteiger partial charge is 0.131 e. The second-order valence-corrected chi connectivity index (χ2v) is 24.2. The van der Waals surface area contributed by atoms with E-state index in [2.05, 4.69) is 88.9 Å². The fourth-order valence-corrected chi connectivity index (χ4v) is 12.6. The second-order valence-electron chi connectivity index (χ2n) is 24.2. The molecule has 0 unspecified atom stereocenters. The van der Waals surface area contributed by atoms with Crippen molar-refractivity contribution in [3.8, 4) is 11.5 Å². The Morgan fingerprint density at radius 2 is 0.613 bits per heavy atom. The van der Waals surface area contributed by atoms with Gasteiger partial charge in [0.05, 0.1) is 0 Å². The second kappa shape index (κ2) is 37.3. The molecular formula is C70H110N4O.